The molecule has 1 amide bonds. The van der Waals surface area contributed by atoms with Crippen LogP contribution in [0.1, 0.15) is 45.7 Å². The molecule has 0 radical (unpaired) electrons. The smallest absolute Gasteiger partial charge is 0.263 e. The molecule has 1 rings (SSSR count). The van der Waals surface area contributed by atoms with Crippen LogP contribution in [0, 0.1) is 5.41 Å². The van der Waals surface area contributed by atoms with Crippen molar-refractivity contribution in [2.45, 2.75) is 40.2 Å². The summed E-state index contributed by atoms with van der Waals surface area (Å²) in [6.45, 7) is 8.00. The maximum atomic E-state index is 11.6. The van der Waals surface area contributed by atoms with E-state index in [4.69, 9.17) is 5.73 Å². The number of hydrogen-bond acceptors (Lipinski definition) is 2. The molecule has 98 valence electrons. The first-order valence-corrected chi connectivity index (χ1v) is 6.31. The second-order valence-electron chi connectivity index (χ2n) is 5.17. The van der Waals surface area contributed by atoms with Crippen LogP contribution < -0.4 is 5.73 Å². The van der Waals surface area contributed by atoms with E-state index >= 15 is 0 Å². The first kappa shape index (κ1) is 14.4. The molecule has 1 unspecified atom stereocenters. The van der Waals surface area contributed by atoms with Crippen molar-refractivity contribution >= 4 is 11.6 Å². The molecule has 2 N–H and O–H groups in total. The van der Waals surface area contributed by atoms with E-state index in [1.54, 1.807) is 0 Å². The van der Waals surface area contributed by atoms with Crippen molar-refractivity contribution in [3.8, 4) is 0 Å². The number of carbonyl (C=O) groups excluding carboxylic acids is 1. The summed E-state index contributed by atoms with van der Waals surface area (Å²) in [5.41, 5.74) is 6.73. The monoisotopic (exact) mass is 246 g/mol. The van der Waals surface area contributed by atoms with Crippen molar-refractivity contribution in [1.29, 1.82) is 0 Å². The fraction of sp³-hybridized carbons (Fsp3) is 0.467. The third-order valence-corrected chi connectivity index (χ3v) is 3.36. The van der Waals surface area contributed by atoms with Crippen LogP contribution in [0.5, 0.6) is 0 Å². The van der Waals surface area contributed by atoms with Gasteiger partial charge in [-0.3, -0.25) is 9.79 Å². The number of nitrogens with two attached hydrogens (primary N) is 1. The van der Waals surface area contributed by atoms with Crippen molar-refractivity contribution in [3.05, 3.63) is 35.9 Å². The van der Waals surface area contributed by atoms with Gasteiger partial charge in [0.25, 0.3) is 5.91 Å². The second-order valence-corrected chi connectivity index (χ2v) is 5.17. The highest BCUT2D eigenvalue weighted by molar-refractivity contribution is 6.40. The van der Waals surface area contributed by atoms with E-state index in [0.29, 0.717) is 5.71 Å². The van der Waals surface area contributed by atoms with E-state index in [1.807, 2.05) is 58.0 Å². The molecule has 3 nitrogen and oxygen atoms in total. The lowest BCUT2D eigenvalue weighted by molar-refractivity contribution is -0.112. The molecule has 0 heterocycles. The molecule has 18 heavy (non-hydrogen) atoms. The Labute approximate surface area is 109 Å². The van der Waals surface area contributed by atoms with Crippen LogP contribution in [0.3, 0.4) is 0 Å². The summed E-state index contributed by atoms with van der Waals surface area (Å²) in [5.74, 6) is -0.426. The molecule has 0 fully saturated rings. The van der Waals surface area contributed by atoms with Crippen molar-refractivity contribution in [3.63, 3.8) is 0 Å². The molecule has 0 aromatic heterocycles. The van der Waals surface area contributed by atoms with Crippen molar-refractivity contribution < 1.29 is 4.79 Å². The number of rotatable bonds is 5. The Bertz CT molecular complexity index is 435. The molecule has 0 bridgehead atoms. The van der Waals surface area contributed by atoms with Crippen molar-refractivity contribution in [1.82, 2.24) is 0 Å². The minimum atomic E-state index is -0.426. The summed E-state index contributed by atoms with van der Waals surface area (Å²) in [6.07, 6.45) is 0.830. The molecule has 1 aromatic carbocycles. The number of hydrogen-bond donors (Lipinski definition) is 1. The number of amides is 1. The highest BCUT2D eigenvalue weighted by atomic mass is 16.1. The van der Waals surface area contributed by atoms with Gasteiger partial charge >= 0.3 is 0 Å². The van der Waals surface area contributed by atoms with E-state index in [9.17, 15) is 4.79 Å². The van der Waals surface area contributed by atoms with Crippen LogP contribution in [0.25, 0.3) is 0 Å². The van der Waals surface area contributed by atoms with Gasteiger partial charge in [0.2, 0.25) is 0 Å². The van der Waals surface area contributed by atoms with Crippen LogP contribution >= 0.6 is 0 Å². The summed E-state index contributed by atoms with van der Waals surface area (Å²) >= 11 is 0. The van der Waals surface area contributed by atoms with Gasteiger partial charge in [-0.25, -0.2) is 0 Å². The van der Waals surface area contributed by atoms with Crippen molar-refractivity contribution in [2.75, 3.05) is 0 Å². The lowest BCUT2D eigenvalue weighted by atomic mass is 9.84. The lowest BCUT2D eigenvalue weighted by Gasteiger charge is -2.24. The summed E-state index contributed by atoms with van der Waals surface area (Å²) in [5, 5.41) is 0. The van der Waals surface area contributed by atoms with Crippen LogP contribution in [0.15, 0.2) is 35.3 Å². The quantitative estimate of drug-likeness (QED) is 0.797. The fourth-order valence-corrected chi connectivity index (χ4v) is 1.74. The SMILES string of the molecule is CCC(C)(C)C(=NC(C)c1ccccc1)C(N)=O. The molecule has 3 heteroatoms. The highest BCUT2D eigenvalue weighted by Gasteiger charge is 2.27. The van der Waals surface area contributed by atoms with Gasteiger partial charge in [0.15, 0.2) is 0 Å². The molecular weight excluding hydrogens is 224 g/mol. The summed E-state index contributed by atoms with van der Waals surface area (Å²) in [6, 6.07) is 9.86. The average Bonchev–Trinajstić information content (AvgIpc) is 2.36. The Kier molecular flexibility index (Phi) is 4.65. The van der Waals surface area contributed by atoms with Gasteiger partial charge in [-0.1, -0.05) is 51.1 Å². The van der Waals surface area contributed by atoms with Crippen LogP contribution in [0.2, 0.25) is 0 Å². The van der Waals surface area contributed by atoms with Gasteiger partial charge in [0.1, 0.15) is 5.71 Å². The van der Waals surface area contributed by atoms with Gasteiger partial charge in [-0.2, -0.15) is 0 Å². The number of aliphatic imine (C=N–C) groups is 1. The first-order chi connectivity index (χ1) is 8.38. The maximum Gasteiger partial charge on any atom is 0.263 e. The van der Waals surface area contributed by atoms with Gasteiger partial charge < -0.3 is 5.73 Å². The number of benzene rings is 1. The Morgan fingerprint density at radius 2 is 1.89 bits per heavy atom. The number of nitrogens with zero attached hydrogens (tertiary/aromatic N) is 1. The Morgan fingerprint density at radius 3 is 2.33 bits per heavy atom. The van der Waals surface area contributed by atoms with Gasteiger partial charge in [0.05, 0.1) is 6.04 Å². The minimum Gasteiger partial charge on any atom is -0.365 e. The molecule has 1 atom stereocenters. The molecule has 0 spiro atoms. The molecule has 0 saturated heterocycles. The first-order valence-electron chi connectivity index (χ1n) is 6.31. The molecule has 0 aliphatic carbocycles. The third kappa shape index (κ3) is 3.42. The minimum absolute atomic E-state index is 0.0560. The molecule has 0 aliphatic heterocycles. The van der Waals surface area contributed by atoms with E-state index in [0.717, 1.165) is 12.0 Å². The maximum absolute atomic E-state index is 11.6. The molecular formula is C15H22N2O. The largest absolute Gasteiger partial charge is 0.365 e. The van der Waals surface area contributed by atoms with Crippen LogP contribution in [-0.2, 0) is 4.79 Å². The molecule has 0 saturated carbocycles. The van der Waals surface area contributed by atoms with E-state index in [1.165, 1.54) is 0 Å². The number of carbonyl (C=O) groups is 1. The van der Waals surface area contributed by atoms with Crippen LogP contribution in [-0.4, -0.2) is 11.6 Å². The van der Waals surface area contributed by atoms with Gasteiger partial charge in [0, 0.05) is 5.41 Å². The van der Waals surface area contributed by atoms with Gasteiger partial charge in [-0.15, -0.1) is 0 Å². The van der Waals surface area contributed by atoms with E-state index in [-0.39, 0.29) is 11.5 Å². The predicted molar refractivity (Wildman–Crippen MR) is 75.6 cm³/mol. The standard InChI is InChI=1S/C15H22N2O/c1-5-15(3,4)13(14(16)18)17-11(2)12-9-7-6-8-10-12/h6-11H,5H2,1-4H3,(H2,16,18). The number of primary amides is 1. The summed E-state index contributed by atoms with van der Waals surface area (Å²) < 4.78 is 0. The van der Waals surface area contributed by atoms with Crippen molar-refractivity contribution in [2.24, 2.45) is 16.1 Å². The third-order valence-electron chi connectivity index (χ3n) is 3.36. The lowest BCUT2D eigenvalue weighted by Crippen LogP contribution is -2.36. The predicted octanol–water partition coefficient (Wildman–Crippen LogP) is 3.11. The summed E-state index contributed by atoms with van der Waals surface area (Å²) in [7, 11) is 0. The zero-order valence-corrected chi connectivity index (χ0v) is 11.6. The van der Waals surface area contributed by atoms with Crippen LogP contribution in [0.4, 0.5) is 0 Å². The highest BCUT2D eigenvalue weighted by Crippen LogP contribution is 2.25. The molecule has 1 aromatic rings. The summed E-state index contributed by atoms with van der Waals surface area (Å²) in [4.78, 5) is 16.1. The topological polar surface area (TPSA) is 55.4 Å². The van der Waals surface area contributed by atoms with Gasteiger partial charge in [-0.05, 0) is 18.9 Å². The zero-order chi connectivity index (χ0) is 13.8. The second kappa shape index (κ2) is 5.80. The van der Waals surface area contributed by atoms with E-state index < -0.39 is 5.91 Å². The Balaban J connectivity index is 3.07. The normalized spacial score (nSPS) is 14.3. The average molecular weight is 246 g/mol. The zero-order valence-electron chi connectivity index (χ0n) is 11.6. The molecule has 0 aliphatic rings. The Morgan fingerprint density at radius 1 is 1.33 bits per heavy atom. The van der Waals surface area contributed by atoms with E-state index in [2.05, 4.69) is 4.99 Å². The fourth-order valence-electron chi connectivity index (χ4n) is 1.74. The Hall–Kier alpha value is -1.64.